The lowest BCUT2D eigenvalue weighted by Crippen LogP contribution is -2.33. The first-order valence-corrected chi connectivity index (χ1v) is 23.3. The van der Waals surface area contributed by atoms with Crippen LogP contribution in [0.1, 0.15) is 83.1 Å². The Morgan fingerprint density at radius 2 is 0.722 bits per heavy atom. The van der Waals surface area contributed by atoms with Gasteiger partial charge in [0.15, 0.2) is 0 Å². The molecule has 2 aliphatic rings. The molecule has 0 aromatic heterocycles. The Morgan fingerprint density at radius 3 is 0.889 bits per heavy atom. The molecule has 2 atom stereocenters. The summed E-state index contributed by atoms with van der Waals surface area (Å²) in [5, 5.41) is 0. The minimum absolute atomic E-state index is 0.151. The Morgan fingerprint density at radius 1 is 0.472 bits per heavy atom. The second-order valence-electron chi connectivity index (χ2n) is 17.5. The van der Waals surface area contributed by atoms with Gasteiger partial charge >= 0.3 is 0 Å². The van der Waals surface area contributed by atoms with E-state index in [2.05, 4.69) is 156 Å². The van der Waals surface area contributed by atoms with Gasteiger partial charge in [0.2, 0.25) is 0 Å². The van der Waals surface area contributed by atoms with E-state index in [1.54, 1.807) is 32.1 Å². The third-order valence-electron chi connectivity index (χ3n) is 7.58. The molecule has 36 heavy (non-hydrogen) atoms. The summed E-state index contributed by atoms with van der Waals surface area (Å²) in [6.45, 7) is 44.5. The SMILES string of the molecule is CC(C)(C)C1=CC(C(C)(C)C)=C(SSC2=C(C(C)(C)C)C=C(C(C)(C)C)[C@H]2[Si](C)(C)C)[C@@H]1[Si](C)(C)C. The maximum atomic E-state index is 2.62. The van der Waals surface area contributed by atoms with Crippen molar-refractivity contribution in [2.45, 2.75) is 133 Å². The Balaban J connectivity index is 2.68. The Bertz CT molecular complexity index is 898. The number of rotatable bonds is 5. The van der Waals surface area contributed by atoms with Crippen LogP contribution in [0, 0.1) is 21.7 Å². The van der Waals surface area contributed by atoms with Crippen LogP contribution in [0.25, 0.3) is 0 Å². The van der Waals surface area contributed by atoms with E-state index in [4.69, 9.17) is 0 Å². The summed E-state index contributed by atoms with van der Waals surface area (Å²) in [5.41, 5.74) is 8.40. The Hall–Kier alpha value is 0.0938. The lowest BCUT2D eigenvalue weighted by molar-refractivity contribution is 0.491. The fraction of sp³-hybridized carbons (Fsp3) is 0.750. The quantitative estimate of drug-likeness (QED) is 0.241. The highest BCUT2D eigenvalue weighted by Gasteiger charge is 2.47. The van der Waals surface area contributed by atoms with Crippen molar-refractivity contribution in [1.29, 1.82) is 0 Å². The summed E-state index contributed by atoms with van der Waals surface area (Å²) in [7, 11) is 1.29. The topological polar surface area (TPSA) is 0 Å². The van der Waals surface area contributed by atoms with Gasteiger partial charge in [0.05, 0.1) is 16.1 Å². The van der Waals surface area contributed by atoms with Crippen LogP contribution in [0.15, 0.2) is 44.3 Å². The van der Waals surface area contributed by atoms with Gasteiger partial charge in [0, 0.05) is 20.9 Å². The molecule has 2 aliphatic carbocycles. The minimum atomic E-state index is -1.49. The molecule has 4 heteroatoms. The van der Waals surface area contributed by atoms with Gasteiger partial charge in [0.25, 0.3) is 0 Å². The van der Waals surface area contributed by atoms with Crippen LogP contribution < -0.4 is 0 Å². The third-order valence-corrected chi connectivity index (χ3v) is 15.3. The highest BCUT2D eigenvalue weighted by atomic mass is 33.1. The van der Waals surface area contributed by atoms with Crippen LogP contribution in [0.3, 0.4) is 0 Å². The van der Waals surface area contributed by atoms with E-state index in [0.717, 1.165) is 0 Å². The fourth-order valence-corrected chi connectivity index (χ4v) is 16.6. The molecule has 0 aromatic carbocycles. The van der Waals surface area contributed by atoms with Crippen molar-refractivity contribution >= 4 is 37.7 Å². The molecule has 206 valence electrons. The van der Waals surface area contributed by atoms with Crippen LogP contribution in [0.4, 0.5) is 0 Å². The molecular formula is C32H58S2Si2. The highest BCUT2D eigenvalue weighted by Crippen LogP contribution is 2.64. The van der Waals surface area contributed by atoms with Crippen LogP contribution >= 0.6 is 21.6 Å². The molecule has 2 rings (SSSR count). The molecule has 0 nitrogen and oxygen atoms in total. The van der Waals surface area contributed by atoms with E-state index in [1.807, 2.05) is 0 Å². The maximum Gasteiger partial charge on any atom is 0.0576 e. The monoisotopic (exact) mass is 562 g/mol. The van der Waals surface area contributed by atoms with Crippen molar-refractivity contribution in [3.8, 4) is 0 Å². The maximum absolute atomic E-state index is 2.62. The third kappa shape index (κ3) is 6.99. The van der Waals surface area contributed by atoms with Crippen molar-refractivity contribution < 1.29 is 0 Å². The lowest BCUT2D eigenvalue weighted by atomic mass is 9.83. The van der Waals surface area contributed by atoms with Crippen molar-refractivity contribution in [2.24, 2.45) is 21.7 Å². The number of allylic oxidation sites excluding steroid dienone is 8. The first-order valence-electron chi connectivity index (χ1n) is 14.0. The fourth-order valence-electron chi connectivity index (χ4n) is 5.68. The van der Waals surface area contributed by atoms with E-state index in [-0.39, 0.29) is 21.7 Å². The van der Waals surface area contributed by atoms with Gasteiger partial charge in [-0.05, 0) is 32.8 Å². The molecule has 0 unspecified atom stereocenters. The van der Waals surface area contributed by atoms with E-state index in [1.165, 1.54) is 0 Å². The Kier molecular flexibility index (Phi) is 8.91. The predicted octanol–water partition coefficient (Wildman–Crippen LogP) is 12.4. The van der Waals surface area contributed by atoms with Gasteiger partial charge < -0.3 is 0 Å². The van der Waals surface area contributed by atoms with Crippen molar-refractivity contribution in [2.75, 3.05) is 0 Å². The van der Waals surface area contributed by atoms with Crippen molar-refractivity contribution in [1.82, 2.24) is 0 Å². The van der Waals surface area contributed by atoms with E-state index in [0.29, 0.717) is 11.1 Å². The molecular weight excluding hydrogens is 505 g/mol. The summed E-state index contributed by atoms with van der Waals surface area (Å²) in [6.07, 6.45) is 5.24. The second-order valence-corrected chi connectivity index (χ2v) is 30.4. The molecule has 0 saturated heterocycles. The first-order chi connectivity index (χ1) is 15.7. The molecule has 0 aromatic rings. The lowest BCUT2D eigenvalue weighted by Gasteiger charge is -2.38. The Labute approximate surface area is 236 Å². The standard InChI is InChI=1S/C32H58S2Si2/c1-29(2,3)21-19-23(31(7,8)9)27(35(13,14)15)25(21)33-34-26-22(30(4,5)6)20-24(32(10,11)12)28(26)36(16,17)18/h19-20,27-28H,1-18H3/t27-,28-/m1/s1. The highest BCUT2D eigenvalue weighted by molar-refractivity contribution is 8.79. The zero-order chi connectivity index (χ0) is 28.4. The van der Waals surface area contributed by atoms with Gasteiger partial charge in [-0.3, -0.25) is 0 Å². The molecule has 0 N–H and O–H groups in total. The molecule has 0 saturated carbocycles. The first kappa shape index (κ1) is 32.3. The van der Waals surface area contributed by atoms with Gasteiger partial charge in [-0.15, -0.1) is 0 Å². The molecule has 0 aliphatic heterocycles. The van der Waals surface area contributed by atoms with Crippen molar-refractivity contribution in [3.63, 3.8) is 0 Å². The molecule has 0 heterocycles. The molecule has 0 bridgehead atoms. The smallest absolute Gasteiger partial charge is 0.0576 e. The summed E-state index contributed by atoms with van der Waals surface area (Å²) >= 11 is 0. The number of hydrogen-bond acceptors (Lipinski definition) is 2. The van der Waals surface area contributed by atoms with Gasteiger partial charge in [-0.2, -0.15) is 0 Å². The molecule has 0 fully saturated rings. The zero-order valence-corrected chi connectivity index (χ0v) is 30.8. The van der Waals surface area contributed by atoms with Crippen LogP contribution in [0.5, 0.6) is 0 Å². The summed E-state index contributed by atoms with van der Waals surface area (Å²) in [5.74, 6) is 0. The largest absolute Gasteiger partial charge is 0.0688 e. The van der Waals surface area contributed by atoms with Gasteiger partial charge in [-0.25, -0.2) is 0 Å². The molecule has 0 radical (unpaired) electrons. The van der Waals surface area contributed by atoms with Gasteiger partial charge in [-0.1, -0.05) is 167 Å². The second kappa shape index (κ2) is 9.93. The molecule has 0 spiro atoms. The average Bonchev–Trinajstić information content (AvgIpc) is 3.17. The van der Waals surface area contributed by atoms with E-state index in [9.17, 15) is 0 Å². The van der Waals surface area contributed by atoms with Gasteiger partial charge in [0.1, 0.15) is 0 Å². The van der Waals surface area contributed by atoms with E-state index < -0.39 is 16.1 Å². The molecule has 0 amide bonds. The number of hydrogen-bond donors (Lipinski definition) is 0. The van der Waals surface area contributed by atoms with Crippen LogP contribution in [0.2, 0.25) is 50.4 Å². The predicted molar refractivity (Wildman–Crippen MR) is 177 cm³/mol. The average molecular weight is 563 g/mol. The summed E-state index contributed by atoms with van der Waals surface area (Å²) < 4.78 is 0. The zero-order valence-electron chi connectivity index (χ0n) is 27.1. The van der Waals surface area contributed by atoms with Crippen LogP contribution in [-0.4, -0.2) is 16.1 Å². The van der Waals surface area contributed by atoms with E-state index >= 15 is 0 Å². The van der Waals surface area contributed by atoms with Crippen molar-refractivity contribution in [3.05, 3.63) is 44.3 Å². The normalized spacial score (nSPS) is 23.1. The summed E-state index contributed by atoms with van der Waals surface area (Å²) in [4.78, 5) is 3.33. The minimum Gasteiger partial charge on any atom is -0.0688 e. The van der Waals surface area contributed by atoms with Crippen LogP contribution in [-0.2, 0) is 0 Å². The summed E-state index contributed by atoms with van der Waals surface area (Å²) in [6, 6.07) is 0.